The van der Waals surface area contributed by atoms with Gasteiger partial charge in [0, 0.05) is 31.0 Å². The fourth-order valence-corrected chi connectivity index (χ4v) is 3.05. The molecule has 0 fully saturated rings. The maximum atomic E-state index is 12.8. The molecule has 4 rings (SSSR count). The average Bonchev–Trinajstić information content (AvgIpc) is 2.87. The maximum Gasteiger partial charge on any atom is 0.335 e. The smallest absolute Gasteiger partial charge is 0.335 e. The zero-order valence-corrected chi connectivity index (χ0v) is 17.5. The normalized spacial score (nSPS) is 14.9. The third-order valence-electron chi connectivity index (χ3n) is 4.74. The quantitative estimate of drug-likeness (QED) is 0.477. The Hall–Kier alpha value is -4.60. The number of amides is 2. The van der Waals surface area contributed by atoms with Crippen molar-refractivity contribution in [3.05, 3.63) is 88.5 Å². The van der Waals surface area contributed by atoms with Crippen molar-refractivity contribution in [3.8, 4) is 5.75 Å². The number of Topliss-reactive ketones (excluding diaryl/α,β-unsaturated/α-hetero) is 1. The van der Waals surface area contributed by atoms with Crippen molar-refractivity contribution >= 4 is 23.6 Å². The van der Waals surface area contributed by atoms with Gasteiger partial charge >= 0.3 is 5.97 Å². The number of hydrogen-bond acceptors (Lipinski definition) is 7. The molecule has 2 amide bonds. The van der Waals surface area contributed by atoms with E-state index in [1.165, 1.54) is 42.5 Å². The second-order valence-corrected chi connectivity index (χ2v) is 7.16. The van der Waals surface area contributed by atoms with Crippen molar-refractivity contribution in [1.82, 2.24) is 20.6 Å². The van der Waals surface area contributed by atoms with E-state index in [2.05, 4.69) is 20.6 Å². The predicted octanol–water partition coefficient (Wildman–Crippen LogP) is 1.54. The molecule has 0 saturated heterocycles. The number of aromatic nitrogens is 2. The van der Waals surface area contributed by atoms with Gasteiger partial charge in [0.25, 0.3) is 11.8 Å². The van der Waals surface area contributed by atoms with Gasteiger partial charge < -0.3 is 20.5 Å². The number of carbonyl (C=O) groups is 4. The van der Waals surface area contributed by atoms with Crippen LogP contribution in [0, 0.1) is 0 Å². The first kappa shape index (κ1) is 17.9. The lowest BCUT2D eigenvalue weighted by atomic mass is 10.0. The van der Waals surface area contributed by atoms with E-state index in [0.29, 0.717) is 11.3 Å². The third kappa shape index (κ3) is 5.41. The highest BCUT2D eigenvalue weighted by Crippen LogP contribution is 2.24. The average molecular weight is 464 g/mol. The van der Waals surface area contributed by atoms with Crippen LogP contribution in [0.2, 0.25) is 0 Å². The fraction of sp³-hybridized carbons (Fsp3) is 0.167. The van der Waals surface area contributed by atoms with Crippen LogP contribution in [0.5, 0.6) is 5.75 Å². The number of aromatic carboxylic acids is 1. The van der Waals surface area contributed by atoms with Gasteiger partial charge in [0.15, 0.2) is 5.78 Å². The van der Waals surface area contributed by atoms with Crippen molar-refractivity contribution < 1.29 is 34.5 Å². The molecular weight excluding hydrogens is 440 g/mol. The van der Waals surface area contributed by atoms with Crippen LogP contribution in [0.15, 0.2) is 54.9 Å². The summed E-state index contributed by atoms with van der Waals surface area (Å²) in [6.45, 7) is -4.84. The Balaban J connectivity index is 1.48. The largest absolute Gasteiger partial charge is 0.486 e. The number of carbonyl (C=O) groups excluding carboxylic acids is 3. The second kappa shape index (κ2) is 9.90. The Bertz CT molecular complexity index is 1450. The van der Waals surface area contributed by atoms with Crippen LogP contribution in [0.1, 0.15) is 53.5 Å². The van der Waals surface area contributed by atoms with Crippen LogP contribution in [0.25, 0.3) is 0 Å². The lowest BCUT2D eigenvalue weighted by Gasteiger charge is -2.17. The van der Waals surface area contributed by atoms with Crippen LogP contribution < -0.4 is 15.4 Å². The van der Waals surface area contributed by atoms with E-state index in [1.807, 2.05) is 0 Å². The number of benzene rings is 2. The number of carboxylic acids is 1. The fourth-order valence-electron chi connectivity index (χ4n) is 3.05. The molecule has 10 nitrogen and oxygen atoms in total. The summed E-state index contributed by atoms with van der Waals surface area (Å²) < 4.78 is 38.2. The highest BCUT2D eigenvalue weighted by Gasteiger charge is 2.18. The summed E-state index contributed by atoms with van der Waals surface area (Å²) in [5, 5.41) is 13.3. The summed E-state index contributed by atoms with van der Waals surface area (Å²) in [6, 6.07) is 10.1. The summed E-state index contributed by atoms with van der Waals surface area (Å²) in [7, 11) is 0. The minimum absolute atomic E-state index is 0.0202. The van der Waals surface area contributed by atoms with E-state index >= 15 is 0 Å². The molecule has 1 aliphatic rings. The molecule has 0 spiro atoms. The van der Waals surface area contributed by atoms with E-state index in [4.69, 9.17) is 15.3 Å². The number of fused-ring (bicyclic) bond motifs is 1. The number of hydrogen-bond donors (Lipinski definition) is 3. The first-order valence-corrected chi connectivity index (χ1v) is 9.94. The summed E-state index contributed by atoms with van der Waals surface area (Å²) in [5.74, 6) is -2.85. The van der Waals surface area contributed by atoms with Crippen molar-refractivity contribution in [2.45, 2.75) is 19.4 Å². The molecule has 0 saturated carbocycles. The standard InChI is InChI=1S/C24H20N4O6/c29-18-8-17-7-15(3-6-21(17)34-12-18)11-26-23(31)20-9-19(27-13-28-20)22(30)25-10-14-1-4-16(5-2-14)24(32)33/h1-7,9,13H,8,10-12H2,(H,25,30)(H,26,31)(H,32,33)/i10D2,11D2. The number of nitrogens with zero attached hydrogens (tertiary/aromatic N) is 2. The maximum absolute atomic E-state index is 12.8. The van der Waals surface area contributed by atoms with Crippen LogP contribution in [0.4, 0.5) is 0 Å². The molecule has 1 aliphatic heterocycles. The highest BCUT2D eigenvalue weighted by atomic mass is 16.5. The van der Waals surface area contributed by atoms with Gasteiger partial charge in [0.2, 0.25) is 0 Å². The highest BCUT2D eigenvalue weighted by molar-refractivity contribution is 5.97. The van der Waals surface area contributed by atoms with Gasteiger partial charge in [-0.1, -0.05) is 18.2 Å². The minimum atomic E-state index is -2.41. The molecule has 1 aromatic heterocycles. The summed E-state index contributed by atoms with van der Waals surface area (Å²) in [5.41, 5.74) is -0.229. The summed E-state index contributed by atoms with van der Waals surface area (Å²) in [6.07, 6.45) is 0.979. The topological polar surface area (TPSA) is 148 Å². The van der Waals surface area contributed by atoms with Crippen molar-refractivity contribution in [1.29, 1.82) is 0 Å². The Kier molecular flexibility index (Phi) is 5.21. The SMILES string of the molecule is [2H]C([2H])(NC(=O)c1cc(C(=O)NC([2H])([2H])c2ccc3c(c2)CC(=O)CO3)ncn1)c1ccc(C(=O)O)cc1. The molecule has 3 N–H and O–H groups in total. The molecule has 2 heterocycles. The van der Waals surface area contributed by atoms with Gasteiger partial charge in [-0.25, -0.2) is 14.8 Å². The van der Waals surface area contributed by atoms with Gasteiger partial charge in [-0.15, -0.1) is 0 Å². The Morgan fingerprint density at radius 2 is 1.56 bits per heavy atom. The number of ketones is 1. The predicted molar refractivity (Wildman–Crippen MR) is 118 cm³/mol. The van der Waals surface area contributed by atoms with E-state index in [0.717, 1.165) is 12.4 Å². The van der Waals surface area contributed by atoms with Gasteiger partial charge in [0.1, 0.15) is 30.1 Å². The van der Waals surface area contributed by atoms with Crippen molar-refractivity contribution in [3.63, 3.8) is 0 Å². The first-order valence-electron chi connectivity index (χ1n) is 11.9. The molecule has 0 unspecified atom stereocenters. The minimum Gasteiger partial charge on any atom is -0.486 e. The van der Waals surface area contributed by atoms with Crippen LogP contribution in [-0.2, 0) is 24.2 Å². The molecule has 0 atom stereocenters. The third-order valence-corrected chi connectivity index (χ3v) is 4.74. The van der Waals surface area contributed by atoms with Crippen molar-refractivity contribution in [2.24, 2.45) is 0 Å². The molecule has 172 valence electrons. The Morgan fingerprint density at radius 3 is 2.21 bits per heavy atom. The number of carboxylic acid groups (broad SMARTS) is 1. The molecule has 0 radical (unpaired) electrons. The van der Waals surface area contributed by atoms with E-state index in [1.54, 1.807) is 0 Å². The molecule has 34 heavy (non-hydrogen) atoms. The second-order valence-electron chi connectivity index (χ2n) is 7.16. The Labute approximate surface area is 199 Å². The zero-order valence-electron chi connectivity index (χ0n) is 21.5. The lowest BCUT2D eigenvalue weighted by Crippen LogP contribution is -2.27. The van der Waals surface area contributed by atoms with Crippen LogP contribution in [0.3, 0.4) is 0 Å². The summed E-state index contributed by atoms with van der Waals surface area (Å²) >= 11 is 0. The summed E-state index contributed by atoms with van der Waals surface area (Å²) in [4.78, 5) is 55.6. The van der Waals surface area contributed by atoms with Crippen LogP contribution in [-0.4, -0.2) is 45.2 Å². The molecule has 10 heteroatoms. The van der Waals surface area contributed by atoms with Crippen LogP contribution >= 0.6 is 0 Å². The molecule has 0 bridgehead atoms. The van der Waals surface area contributed by atoms with Crippen molar-refractivity contribution in [2.75, 3.05) is 6.61 Å². The number of ether oxygens (including phenoxy) is 1. The Morgan fingerprint density at radius 1 is 0.941 bits per heavy atom. The van der Waals surface area contributed by atoms with Gasteiger partial charge in [-0.3, -0.25) is 14.4 Å². The number of rotatable bonds is 7. The monoisotopic (exact) mass is 464 g/mol. The van der Waals surface area contributed by atoms with E-state index in [9.17, 15) is 19.2 Å². The number of nitrogens with one attached hydrogen (secondary N) is 2. The molecule has 3 aromatic rings. The van der Waals surface area contributed by atoms with Gasteiger partial charge in [-0.2, -0.15) is 0 Å². The lowest BCUT2D eigenvalue weighted by molar-refractivity contribution is -0.121. The van der Waals surface area contributed by atoms with E-state index < -0.39 is 30.8 Å². The zero-order chi connectivity index (χ0) is 27.7. The van der Waals surface area contributed by atoms with Gasteiger partial charge in [-0.05, 0) is 35.4 Å². The molecule has 0 aliphatic carbocycles. The first-order chi connectivity index (χ1) is 17.9. The molecule has 2 aromatic carbocycles. The van der Waals surface area contributed by atoms with E-state index in [-0.39, 0.29) is 46.9 Å². The molecular formula is C24H20N4O6. The van der Waals surface area contributed by atoms with Gasteiger partial charge in [0.05, 0.1) is 11.0 Å².